The summed E-state index contributed by atoms with van der Waals surface area (Å²) >= 11 is 1.11. The Morgan fingerprint density at radius 1 is 1.41 bits per heavy atom. The summed E-state index contributed by atoms with van der Waals surface area (Å²) in [4.78, 5) is 21.0. The standard InChI is InChI=1S/C21H20F2N4OS/c1-11-6-14(9-24)10-26-18(11)17(28)8-13-4-5-16(22)15(7-13)21(3)19(23)12(2)29-20(25)27-21/h4-7,10,12,19H,8H2,1-3H3,(H2,25,27)/t12-,19+,21-/m1/s1. The number of ketones is 1. The maximum absolute atomic E-state index is 15.0. The van der Waals surface area contributed by atoms with Crippen molar-refractivity contribution < 1.29 is 13.6 Å². The summed E-state index contributed by atoms with van der Waals surface area (Å²) in [6, 6.07) is 7.73. The monoisotopic (exact) mass is 414 g/mol. The molecule has 0 bridgehead atoms. The lowest BCUT2D eigenvalue weighted by Gasteiger charge is -2.37. The lowest BCUT2D eigenvalue weighted by Crippen LogP contribution is -2.44. The maximum atomic E-state index is 15.0. The molecule has 0 spiro atoms. The molecule has 1 aromatic carbocycles. The summed E-state index contributed by atoms with van der Waals surface area (Å²) in [7, 11) is 0. The fraction of sp³-hybridized carbons (Fsp3) is 0.333. The molecule has 1 aliphatic heterocycles. The van der Waals surface area contributed by atoms with E-state index in [1.165, 1.54) is 31.3 Å². The van der Waals surface area contributed by atoms with Gasteiger partial charge in [-0.25, -0.2) is 13.8 Å². The zero-order chi connectivity index (χ0) is 21.3. The van der Waals surface area contributed by atoms with Crippen LogP contribution in [0.15, 0.2) is 35.5 Å². The van der Waals surface area contributed by atoms with Crippen LogP contribution >= 0.6 is 11.8 Å². The number of hydrogen-bond acceptors (Lipinski definition) is 6. The van der Waals surface area contributed by atoms with Crippen LogP contribution < -0.4 is 5.73 Å². The van der Waals surface area contributed by atoms with Gasteiger partial charge >= 0.3 is 0 Å². The predicted octanol–water partition coefficient (Wildman–Crippen LogP) is 3.83. The number of aromatic nitrogens is 1. The predicted molar refractivity (Wildman–Crippen MR) is 109 cm³/mol. The van der Waals surface area contributed by atoms with E-state index in [0.29, 0.717) is 16.7 Å². The highest BCUT2D eigenvalue weighted by atomic mass is 32.2. The smallest absolute Gasteiger partial charge is 0.185 e. The molecule has 5 nitrogen and oxygen atoms in total. The van der Waals surface area contributed by atoms with Gasteiger partial charge in [0.2, 0.25) is 0 Å². The number of rotatable bonds is 4. The molecule has 1 aliphatic rings. The first-order chi connectivity index (χ1) is 13.7. The fourth-order valence-corrected chi connectivity index (χ4v) is 4.51. The number of thioether (sulfide) groups is 1. The van der Waals surface area contributed by atoms with Crippen molar-refractivity contribution >= 4 is 22.7 Å². The molecule has 0 aliphatic carbocycles. The minimum absolute atomic E-state index is 0.0381. The molecule has 2 N–H and O–H groups in total. The number of nitriles is 1. The number of amidine groups is 1. The number of hydrogen-bond donors (Lipinski definition) is 1. The molecule has 0 radical (unpaired) electrons. The Morgan fingerprint density at radius 3 is 2.79 bits per heavy atom. The van der Waals surface area contributed by atoms with Gasteiger partial charge in [0, 0.05) is 23.4 Å². The normalized spacial score (nSPS) is 23.9. The number of carbonyl (C=O) groups is 1. The van der Waals surface area contributed by atoms with Gasteiger partial charge in [0.25, 0.3) is 0 Å². The number of carbonyl (C=O) groups excluding carboxylic acids is 1. The van der Waals surface area contributed by atoms with E-state index in [0.717, 1.165) is 11.8 Å². The van der Waals surface area contributed by atoms with Gasteiger partial charge in [-0.15, -0.1) is 0 Å². The highest BCUT2D eigenvalue weighted by Gasteiger charge is 2.45. The zero-order valence-electron chi connectivity index (χ0n) is 16.2. The third kappa shape index (κ3) is 4.01. The third-order valence-electron chi connectivity index (χ3n) is 5.01. The Labute approximate surface area is 172 Å². The van der Waals surface area contributed by atoms with Crippen LogP contribution in [0.25, 0.3) is 0 Å². The number of aliphatic imine (C=N–C) groups is 1. The molecule has 0 saturated carbocycles. The average molecular weight is 414 g/mol. The number of halogens is 2. The summed E-state index contributed by atoms with van der Waals surface area (Å²) in [5, 5.41) is 8.65. The van der Waals surface area contributed by atoms with Crippen LogP contribution in [0.4, 0.5) is 8.78 Å². The van der Waals surface area contributed by atoms with Gasteiger partial charge < -0.3 is 5.73 Å². The van der Waals surface area contributed by atoms with Gasteiger partial charge in [-0.1, -0.05) is 17.8 Å². The Hall–Kier alpha value is -2.79. The van der Waals surface area contributed by atoms with Crippen LogP contribution in [0.5, 0.6) is 0 Å². The highest BCUT2D eigenvalue weighted by molar-refractivity contribution is 8.14. The highest BCUT2D eigenvalue weighted by Crippen LogP contribution is 2.42. The van der Waals surface area contributed by atoms with Gasteiger partial charge in [-0.2, -0.15) is 5.26 Å². The van der Waals surface area contributed by atoms with Crippen molar-refractivity contribution in [1.82, 2.24) is 4.98 Å². The van der Waals surface area contributed by atoms with Crippen LogP contribution in [-0.4, -0.2) is 27.4 Å². The molecule has 0 unspecified atom stereocenters. The topological polar surface area (TPSA) is 92.1 Å². The molecule has 29 heavy (non-hydrogen) atoms. The Balaban J connectivity index is 1.95. The van der Waals surface area contributed by atoms with Crippen molar-refractivity contribution in [2.24, 2.45) is 10.7 Å². The van der Waals surface area contributed by atoms with E-state index in [9.17, 15) is 13.6 Å². The van der Waals surface area contributed by atoms with Gasteiger partial charge in [-0.3, -0.25) is 9.78 Å². The Morgan fingerprint density at radius 2 is 2.14 bits per heavy atom. The SMILES string of the molecule is Cc1cc(C#N)cnc1C(=O)Cc1ccc(F)c([C@@]2(C)N=C(N)S[C@H](C)[C@@H]2F)c1. The Kier molecular flexibility index (Phi) is 5.71. The molecule has 0 saturated heterocycles. The van der Waals surface area contributed by atoms with E-state index in [2.05, 4.69) is 9.98 Å². The third-order valence-corrected chi connectivity index (χ3v) is 5.95. The van der Waals surface area contributed by atoms with Gasteiger partial charge in [0.05, 0.1) is 5.56 Å². The molecule has 3 atom stereocenters. The van der Waals surface area contributed by atoms with Gasteiger partial charge in [-0.05, 0) is 50.1 Å². The number of alkyl halides is 1. The molecule has 0 amide bonds. The van der Waals surface area contributed by atoms with Crippen molar-refractivity contribution in [1.29, 1.82) is 5.26 Å². The molecule has 2 heterocycles. The first-order valence-electron chi connectivity index (χ1n) is 9.00. The van der Waals surface area contributed by atoms with Crippen LogP contribution in [0.3, 0.4) is 0 Å². The van der Waals surface area contributed by atoms with E-state index >= 15 is 0 Å². The minimum Gasteiger partial charge on any atom is -0.379 e. The van der Waals surface area contributed by atoms with E-state index in [1.807, 2.05) is 6.07 Å². The van der Waals surface area contributed by atoms with Gasteiger partial charge in [0.1, 0.15) is 29.3 Å². The molecule has 2 aromatic rings. The first-order valence-corrected chi connectivity index (χ1v) is 9.88. The van der Waals surface area contributed by atoms with Crippen molar-refractivity contribution in [2.45, 2.75) is 44.2 Å². The van der Waals surface area contributed by atoms with Crippen LogP contribution in [0.1, 0.15) is 46.6 Å². The molecule has 0 fully saturated rings. The second kappa shape index (κ2) is 7.91. The average Bonchev–Trinajstić information content (AvgIpc) is 2.67. The number of Topliss-reactive ketones (excluding diaryl/α,β-unsaturated/α-hetero) is 1. The maximum Gasteiger partial charge on any atom is 0.185 e. The molecular weight excluding hydrogens is 394 g/mol. The van der Waals surface area contributed by atoms with E-state index in [1.54, 1.807) is 19.9 Å². The number of nitrogens with two attached hydrogens (primary N) is 1. The van der Waals surface area contributed by atoms with Crippen molar-refractivity contribution in [3.63, 3.8) is 0 Å². The second-order valence-electron chi connectivity index (χ2n) is 7.24. The number of nitrogens with zero attached hydrogens (tertiary/aromatic N) is 3. The first kappa shape index (κ1) is 20.9. The van der Waals surface area contributed by atoms with E-state index in [4.69, 9.17) is 11.0 Å². The molecule has 1 aromatic heterocycles. The lowest BCUT2D eigenvalue weighted by molar-refractivity contribution is 0.0987. The molecular formula is C21H20F2N4OS. The summed E-state index contributed by atoms with van der Waals surface area (Å²) in [6.45, 7) is 4.89. The lowest BCUT2D eigenvalue weighted by atomic mass is 9.84. The summed E-state index contributed by atoms with van der Waals surface area (Å²) < 4.78 is 29.6. The second-order valence-corrected chi connectivity index (χ2v) is 8.64. The zero-order valence-corrected chi connectivity index (χ0v) is 17.1. The number of benzene rings is 1. The molecule has 150 valence electrons. The van der Waals surface area contributed by atoms with Crippen LogP contribution in [0, 0.1) is 24.1 Å². The largest absolute Gasteiger partial charge is 0.379 e. The van der Waals surface area contributed by atoms with E-state index in [-0.39, 0.29) is 28.6 Å². The fourth-order valence-electron chi connectivity index (χ4n) is 3.50. The summed E-state index contributed by atoms with van der Waals surface area (Å²) in [5.74, 6) is -0.878. The van der Waals surface area contributed by atoms with E-state index < -0.39 is 22.8 Å². The van der Waals surface area contributed by atoms with Crippen molar-refractivity contribution in [3.8, 4) is 6.07 Å². The van der Waals surface area contributed by atoms with Crippen molar-refractivity contribution in [2.75, 3.05) is 0 Å². The molecule has 8 heteroatoms. The number of aryl methyl sites for hydroxylation is 1. The Bertz CT molecular complexity index is 1050. The van der Waals surface area contributed by atoms with Crippen molar-refractivity contribution in [3.05, 3.63) is 64.2 Å². The summed E-state index contributed by atoms with van der Waals surface area (Å²) in [6.07, 6.45) is -0.143. The minimum atomic E-state index is -1.47. The van der Waals surface area contributed by atoms with Crippen LogP contribution in [0.2, 0.25) is 0 Å². The summed E-state index contributed by atoms with van der Waals surface area (Å²) in [5.41, 5.74) is 6.13. The number of pyridine rings is 1. The van der Waals surface area contributed by atoms with Crippen LogP contribution in [-0.2, 0) is 12.0 Å². The van der Waals surface area contributed by atoms with Gasteiger partial charge in [0.15, 0.2) is 11.0 Å². The molecule has 3 rings (SSSR count). The quantitative estimate of drug-likeness (QED) is 0.768.